The average Bonchev–Trinajstić information content (AvgIpc) is 3.60. The Morgan fingerprint density at radius 3 is 2.47 bits per heavy atom. The Labute approximate surface area is 313 Å². The van der Waals surface area contributed by atoms with Gasteiger partial charge in [0.1, 0.15) is 17.5 Å². The molecule has 282 valence electrons. The van der Waals surface area contributed by atoms with Crippen LogP contribution in [0.25, 0.3) is 21.7 Å². The summed E-state index contributed by atoms with van der Waals surface area (Å²) in [5.41, 5.74) is 1.11. The number of anilines is 3. The van der Waals surface area contributed by atoms with Gasteiger partial charge in [-0.2, -0.15) is 23.5 Å². The van der Waals surface area contributed by atoms with Gasteiger partial charge in [0.2, 0.25) is 5.91 Å². The van der Waals surface area contributed by atoms with Crippen molar-refractivity contribution in [1.29, 1.82) is 5.26 Å². The largest absolute Gasteiger partial charge is 0.433 e. The number of alkyl halides is 3. The smallest absolute Gasteiger partial charge is 0.368 e. The highest BCUT2D eigenvalue weighted by Gasteiger charge is 2.33. The van der Waals surface area contributed by atoms with Gasteiger partial charge in [-0.3, -0.25) is 34.4 Å². The molecule has 3 aromatic heterocycles. The van der Waals surface area contributed by atoms with E-state index in [2.05, 4.69) is 42.5 Å². The van der Waals surface area contributed by atoms with Gasteiger partial charge in [0.15, 0.2) is 0 Å². The fourth-order valence-electron chi connectivity index (χ4n) is 7.96. The standard InChI is InChI=1S/C39H37F3N10O3/c40-39(41,42)35-6-2-4-30(45-35)37(54)46-31-18-26-23-52(48-32(26)17-25(31)19-43)27-9-7-24(8-10-27)22-49-13-15-50(16-14-49)33-5-1-3-28-29(33)20-44-21-34(28)51-12-11-36(53)47-38(51)55/h1-6,17-18,20-21,23-24,27H,7-16,22H2,(H,46,54)(H,47,53,55)/t24-,27-. The minimum atomic E-state index is -4.69. The van der Waals surface area contributed by atoms with Crippen LogP contribution >= 0.6 is 0 Å². The Balaban J connectivity index is 0.868. The molecular weight excluding hydrogens is 713 g/mol. The van der Waals surface area contributed by atoms with Crippen LogP contribution in [0.5, 0.6) is 0 Å². The molecule has 0 bridgehead atoms. The number of amides is 4. The van der Waals surface area contributed by atoms with E-state index in [0.29, 0.717) is 29.1 Å². The second-order valence-electron chi connectivity index (χ2n) is 14.3. The number of fused-ring (bicyclic) bond motifs is 2. The molecule has 1 saturated carbocycles. The molecule has 16 heteroatoms. The zero-order valence-electron chi connectivity index (χ0n) is 29.7. The van der Waals surface area contributed by atoms with E-state index in [1.54, 1.807) is 23.2 Å². The van der Waals surface area contributed by atoms with E-state index in [0.717, 1.165) is 87.0 Å². The van der Waals surface area contributed by atoms with Crippen molar-refractivity contribution < 1.29 is 27.6 Å². The lowest BCUT2D eigenvalue weighted by molar-refractivity contribution is -0.141. The number of benzene rings is 2. The van der Waals surface area contributed by atoms with E-state index < -0.39 is 29.5 Å². The number of hydrogen-bond donors (Lipinski definition) is 2. The Hall–Kier alpha value is -6.08. The van der Waals surface area contributed by atoms with Gasteiger partial charge in [-0.05, 0) is 61.9 Å². The van der Waals surface area contributed by atoms with Gasteiger partial charge in [0.25, 0.3) is 5.91 Å². The number of urea groups is 1. The second kappa shape index (κ2) is 14.6. The SMILES string of the molecule is N#Cc1cc2nn([C@H]3CC[C@H](CN4CCN(c5cccc6c(N7CCC(=O)NC7=O)cncc56)CC4)CC3)cc2cc1NC(=O)c1cccc(C(F)(F)F)n1. The van der Waals surface area contributed by atoms with Gasteiger partial charge >= 0.3 is 12.2 Å². The summed E-state index contributed by atoms with van der Waals surface area (Å²) in [6.45, 7) is 4.90. The molecule has 2 aromatic carbocycles. The molecule has 3 aliphatic rings. The Morgan fingerprint density at radius 1 is 0.945 bits per heavy atom. The number of imide groups is 1. The number of carbonyl (C=O) groups is 3. The van der Waals surface area contributed by atoms with Crippen LogP contribution in [0, 0.1) is 17.2 Å². The third-order valence-electron chi connectivity index (χ3n) is 10.8. The molecule has 0 unspecified atom stereocenters. The first kappa shape index (κ1) is 35.9. The number of halogens is 3. The van der Waals surface area contributed by atoms with Gasteiger partial charge in [-0.25, -0.2) is 9.78 Å². The molecule has 0 atom stereocenters. The van der Waals surface area contributed by atoms with Crippen molar-refractivity contribution >= 4 is 56.6 Å². The number of nitrogens with zero attached hydrogens (tertiary/aromatic N) is 8. The molecular formula is C39H37F3N10O3. The summed E-state index contributed by atoms with van der Waals surface area (Å²) in [6.07, 6.45) is 4.96. The van der Waals surface area contributed by atoms with Crippen molar-refractivity contribution in [2.24, 2.45) is 5.92 Å². The third-order valence-corrected chi connectivity index (χ3v) is 10.8. The normalized spacial score (nSPS) is 19.7. The van der Waals surface area contributed by atoms with Crippen LogP contribution in [0.2, 0.25) is 0 Å². The van der Waals surface area contributed by atoms with Gasteiger partial charge in [0, 0.05) is 79.9 Å². The van der Waals surface area contributed by atoms with Crippen LogP contribution in [0.4, 0.5) is 35.0 Å². The first-order valence-corrected chi connectivity index (χ1v) is 18.3. The van der Waals surface area contributed by atoms with E-state index in [9.17, 15) is 32.8 Å². The molecule has 8 rings (SSSR count). The molecule has 1 aliphatic carbocycles. The predicted octanol–water partition coefficient (Wildman–Crippen LogP) is 6.12. The van der Waals surface area contributed by atoms with Crippen LogP contribution in [-0.2, 0) is 11.0 Å². The maximum absolute atomic E-state index is 13.1. The summed E-state index contributed by atoms with van der Waals surface area (Å²) in [5.74, 6) is -0.569. The van der Waals surface area contributed by atoms with Crippen molar-refractivity contribution in [2.45, 2.75) is 44.3 Å². The fourth-order valence-corrected chi connectivity index (χ4v) is 7.96. The van der Waals surface area contributed by atoms with Gasteiger partial charge in [0.05, 0.1) is 34.7 Å². The van der Waals surface area contributed by atoms with Crippen LogP contribution in [-0.4, -0.2) is 81.8 Å². The lowest BCUT2D eigenvalue weighted by atomic mass is 9.85. The number of piperazine rings is 1. The Morgan fingerprint density at radius 2 is 1.73 bits per heavy atom. The topological polar surface area (TPSA) is 152 Å². The van der Waals surface area contributed by atoms with Crippen molar-refractivity contribution in [1.82, 2.24) is 30.0 Å². The molecule has 0 spiro atoms. The summed E-state index contributed by atoms with van der Waals surface area (Å²) in [6, 6.07) is 14.2. The van der Waals surface area contributed by atoms with Crippen LogP contribution in [0.15, 0.2) is 67.1 Å². The van der Waals surface area contributed by atoms with E-state index >= 15 is 0 Å². The molecule has 5 aromatic rings. The van der Waals surface area contributed by atoms with Crippen LogP contribution < -0.4 is 20.4 Å². The number of carbonyl (C=O) groups excluding carboxylic acids is 3. The molecule has 4 amide bonds. The van der Waals surface area contributed by atoms with E-state index in [1.165, 1.54) is 6.07 Å². The first-order valence-electron chi connectivity index (χ1n) is 18.3. The van der Waals surface area contributed by atoms with Gasteiger partial charge in [-0.1, -0.05) is 18.2 Å². The van der Waals surface area contributed by atoms with Crippen LogP contribution in [0.3, 0.4) is 0 Å². The molecule has 2 N–H and O–H groups in total. The number of aromatic nitrogens is 4. The predicted molar refractivity (Wildman–Crippen MR) is 199 cm³/mol. The zero-order valence-corrected chi connectivity index (χ0v) is 29.7. The minimum Gasteiger partial charge on any atom is -0.368 e. The van der Waals surface area contributed by atoms with E-state index in [4.69, 9.17) is 5.10 Å². The van der Waals surface area contributed by atoms with E-state index in [-0.39, 0.29) is 29.6 Å². The van der Waals surface area contributed by atoms with Gasteiger partial charge < -0.3 is 10.2 Å². The van der Waals surface area contributed by atoms with Crippen molar-refractivity contribution in [2.75, 3.05) is 54.4 Å². The van der Waals surface area contributed by atoms with Crippen molar-refractivity contribution in [3.8, 4) is 6.07 Å². The molecule has 0 radical (unpaired) electrons. The molecule has 55 heavy (non-hydrogen) atoms. The first-order chi connectivity index (χ1) is 26.5. The highest BCUT2D eigenvalue weighted by atomic mass is 19.4. The monoisotopic (exact) mass is 750 g/mol. The lowest BCUT2D eigenvalue weighted by Crippen LogP contribution is -2.49. The highest BCUT2D eigenvalue weighted by molar-refractivity contribution is 6.11. The summed E-state index contributed by atoms with van der Waals surface area (Å²) in [4.78, 5) is 51.5. The lowest BCUT2D eigenvalue weighted by Gasteiger charge is -2.39. The minimum absolute atomic E-state index is 0.147. The number of pyridine rings is 2. The maximum atomic E-state index is 13.1. The quantitative estimate of drug-likeness (QED) is 0.200. The van der Waals surface area contributed by atoms with Gasteiger partial charge in [-0.15, -0.1) is 0 Å². The number of hydrogen-bond acceptors (Lipinski definition) is 9. The number of nitrogens with one attached hydrogen (secondary N) is 2. The molecule has 3 fully saturated rings. The Bertz CT molecular complexity index is 2340. The fraction of sp³-hybridized carbons (Fsp3) is 0.359. The molecule has 5 heterocycles. The average molecular weight is 751 g/mol. The van der Waals surface area contributed by atoms with E-state index in [1.807, 2.05) is 29.2 Å². The summed E-state index contributed by atoms with van der Waals surface area (Å²) >= 11 is 0. The number of nitriles is 1. The summed E-state index contributed by atoms with van der Waals surface area (Å²) < 4.78 is 41.4. The second-order valence-corrected chi connectivity index (χ2v) is 14.3. The van der Waals surface area contributed by atoms with Crippen LogP contribution in [0.1, 0.15) is 59.9 Å². The molecule has 2 saturated heterocycles. The maximum Gasteiger partial charge on any atom is 0.433 e. The molecule has 13 nitrogen and oxygen atoms in total. The highest BCUT2D eigenvalue weighted by Crippen LogP contribution is 2.36. The Kier molecular flexibility index (Phi) is 9.56. The summed E-state index contributed by atoms with van der Waals surface area (Å²) in [7, 11) is 0. The van der Waals surface area contributed by atoms with Crippen molar-refractivity contribution in [3.63, 3.8) is 0 Å². The van der Waals surface area contributed by atoms with Crippen molar-refractivity contribution in [3.05, 3.63) is 84.1 Å². The summed E-state index contributed by atoms with van der Waals surface area (Å²) in [5, 5.41) is 22.1. The molecule has 2 aliphatic heterocycles. The number of rotatable bonds is 7. The third kappa shape index (κ3) is 7.39. The zero-order chi connectivity index (χ0) is 38.3.